The predicted octanol–water partition coefficient (Wildman–Crippen LogP) is 5.11. The number of hydrogen-bond acceptors (Lipinski definition) is 7. The normalized spacial score (nSPS) is 11.1. The predicted molar refractivity (Wildman–Crippen MR) is 155 cm³/mol. The van der Waals surface area contributed by atoms with Crippen molar-refractivity contribution in [1.82, 2.24) is 14.9 Å². The zero-order chi connectivity index (χ0) is 31.1. The minimum atomic E-state index is -5.08. The Labute approximate surface area is 246 Å². The molecule has 0 aliphatic rings. The molecule has 5 rings (SSSR count). The van der Waals surface area contributed by atoms with Gasteiger partial charge in [-0.2, -0.15) is 13.2 Å². The van der Waals surface area contributed by atoms with Crippen molar-refractivity contribution >= 4 is 50.0 Å². The number of Topliss-reactive ketones (excluding diaryl/α,β-unsaturated/α-hetero) is 1. The van der Waals surface area contributed by atoms with Crippen molar-refractivity contribution in [2.75, 3.05) is 13.7 Å². The van der Waals surface area contributed by atoms with Gasteiger partial charge in [-0.25, -0.2) is 4.79 Å². The van der Waals surface area contributed by atoms with Gasteiger partial charge in [-0.05, 0) is 24.1 Å². The minimum Gasteiger partial charge on any atom is -0.494 e. The van der Waals surface area contributed by atoms with Crippen molar-refractivity contribution in [2.24, 2.45) is 0 Å². The van der Waals surface area contributed by atoms with Crippen molar-refractivity contribution in [3.8, 4) is 5.75 Å². The number of amides is 1. The van der Waals surface area contributed by atoms with Gasteiger partial charge < -0.3 is 15.2 Å². The van der Waals surface area contributed by atoms with E-state index in [9.17, 15) is 27.6 Å². The molecule has 1 amide bonds. The van der Waals surface area contributed by atoms with E-state index in [2.05, 4.69) is 10.3 Å². The number of carboxylic acid groups (broad SMARTS) is 1. The highest BCUT2D eigenvalue weighted by Crippen LogP contribution is 2.39. The number of rotatable bonds is 8. The van der Waals surface area contributed by atoms with Gasteiger partial charge in [0.15, 0.2) is 11.5 Å². The summed E-state index contributed by atoms with van der Waals surface area (Å²) in [5.41, 5.74) is 1.81. The largest absolute Gasteiger partial charge is 0.494 e. The zero-order valence-corrected chi connectivity index (χ0v) is 23.4. The van der Waals surface area contributed by atoms with E-state index in [0.717, 1.165) is 10.9 Å². The van der Waals surface area contributed by atoms with Crippen molar-refractivity contribution in [2.45, 2.75) is 19.1 Å². The van der Waals surface area contributed by atoms with E-state index in [1.165, 1.54) is 23.0 Å². The summed E-state index contributed by atoms with van der Waals surface area (Å²) >= 11 is 1.22. The molecule has 0 atom stereocenters. The van der Waals surface area contributed by atoms with E-state index in [1.807, 2.05) is 42.5 Å². The molecular formula is C30H24F3N3O6S. The summed E-state index contributed by atoms with van der Waals surface area (Å²) in [6.45, 7) is 0.295. The van der Waals surface area contributed by atoms with E-state index in [1.54, 1.807) is 36.7 Å². The van der Waals surface area contributed by atoms with Crippen LogP contribution in [0.3, 0.4) is 0 Å². The van der Waals surface area contributed by atoms with Crippen LogP contribution in [0.15, 0.2) is 83.9 Å². The molecule has 0 fully saturated rings. The number of pyridine rings is 2. The third-order valence-electron chi connectivity index (χ3n) is 6.24. The highest BCUT2D eigenvalue weighted by molar-refractivity contribution is 7.22. The fraction of sp³-hybridized carbons (Fsp3) is 0.167. The number of carboxylic acids is 1. The number of benzene rings is 2. The molecule has 9 nitrogen and oxygen atoms in total. The molecule has 0 radical (unpaired) electrons. The van der Waals surface area contributed by atoms with Gasteiger partial charge in [-0.3, -0.25) is 23.9 Å². The van der Waals surface area contributed by atoms with E-state index >= 15 is 0 Å². The Kier molecular flexibility index (Phi) is 9.56. The number of aliphatic carboxylic acids is 1. The second-order valence-electron chi connectivity index (χ2n) is 9.04. The molecule has 0 saturated heterocycles. The van der Waals surface area contributed by atoms with Crippen molar-refractivity contribution in [3.63, 3.8) is 0 Å². The van der Waals surface area contributed by atoms with Gasteiger partial charge in [0.25, 0.3) is 11.5 Å². The molecule has 0 spiro atoms. The van der Waals surface area contributed by atoms with Gasteiger partial charge in [0.1, 0.15) is 10.3 Å². The Morgan fingerprint density at radius 2 is 1.70 bits per heavy atom. The first-order valence-corrected chi connectivity index (χ1v) is 13.5. The number of nitrogens with one attached hydrogen (secondary N) is 1. The number of methoxy groups -OCH3 is 1. The third kappa shape index (κ3) is 7.07. The summed E-state index contributed by atoms with van der Waals surface area (Å²) in [5, 5.41) is 11.1. The lowest BCUT2D eigenvalue weighted by atomic mass is 10.1. The molecule has 0 saturated carbocycles. The number of aromatic nitrogens is 2. The van der Waals surface area contributed by atoms with Gasteiger partial charge >= 0.3 is 12.1 Å². The molecule has 2 aromatic carbocycles. The first-order chi connectivity index (χ1) is 20.5. The highest BCUT2D eigenvalue weighted by Gasteiger charge is 2.38. The summed E-state index contributed by atoms with van der Waals surface area (Å²) in [6.07, 6.45) is -0.990. The molecule has 0 aliphatic carbocycles. The standard InChI is InChI=1S/C28H23N3O4S.C2HF3O2/c1-35-24-23-25(36-26(24)27(33)30-15-13-18-8-7-14-29-16-18)20-11-5-6-12-21(20)31(28(23)34)17-22(32)19-9-3-2-4-10-19;3-2(4,5)1(6)7/h2-12,14,16H,13,15,17H2,1H3,(H,30,33);(H,6,7). The topological polar surface area (TPSA) is 128 Å². The van der Waals surface area contributed by atoms with Crippen LogP contribution >= 0.6 is 11.3 Å². The first kappa shape index (κ1) is 30.9. The summed E-state index contributed by atoms with van der Waals surface area (Å²) in [5.74, 6) is -3.02. The molecule has 3 aromatic heterocycles. The number of thiophene rings is 1. The van der Waals surface area contributed by atoms with Crippen LogP contribution in [0.5, 0.6) is 5.75 Å². The molecule has 0 unspecified atom stereocenters. The van der Waals surface area contributed by atoms with Crippen LogP contribution in [0.2, 0.25) is 0 Å². The number of ether oxygens (including phenoxy) is 1. The maximum absolute atomic E-state index is 13.7. The van der Waals surface area contributed by atoms with Gasteiger partial charge in [0.05, 0.1) is 23.9 Å². The molecule has 0 aliphatic heterocycles. The van der Waals surface area contributed by atoms with Crippen LogP contribution in [0.1, 0.15) is 25.6 Å². The van der Waals surface area contributed by atoms with E-state index < -0.39 is 12.1 Å². The maximum atomic E-state index is 13.7. The smallest absolute Gasteiger partial charge is 0.490 e. The zero-order valence-electron chi connectivity index (χ0n) is 22.6. The molecule has 43 heavy (non-hydrogen) atoms. The molecule has 222 valence electrons. The molecule has 3 heterocycles. The summed E-state index contributed by atoms with van der Waals surface area (Å²) < 4.78 is 39.5. The maximum Gasteiger partial charge on any atom is 0.490 e. The Balaban J connectivity index is 0.000000541. The molecule has 5 aromatic rings. The van der Waals surface area contributed by atoms with E-state index in [0.29, 0.717) is 39.0 Å². The first-order valence-electron chi connectivity index (χ1n) is 12.7. The van der Waals surface area contributed by atoms with E-state index in [4.69, 9.17) is 14.6 Å². The second-order valence-corrected chi connectivity index (χ2v) is 10.1. The van der Waals surface area contributed by atoms with Gasteiger partial charge in [-0.15, -0.1) is 11.3 Å². The summed E-state index contributed by atoms with van der Waals surface area (Å²) in [6, 6.07) is 20.1. The third-order valence-corrected chi connectivity index (χ3v) is 7.44. The number of hydrogen-bond donors (Lipinski definition) is 2. The number of halogens is 3. The van der Waals surface area contributed by atoms with Crippen LogP contribution in [-0.4, -0.2) is 52.1 Å². The van der Waals surface area contributed by atoms with Gasteiger partial charge in [-0.1, -0.05) is 54.6 Å². The monoisotopic (exact) mass is 611 g/mol. The quantitative estimate of drug-likeness (QED) is 0.234. The van der Waals surface area contributed by atoms with Crippen LogP contribution in [0.4, 0.5) is 13.2 Å². The fourth-order valence-corrected chi connectivity index (χ4v) is 5.46. The second kappa shape index (κ2) is 13.3. The summed E-state index contributed by atoms with van der Waals surface area (Å²) in [4.78, 5) is 53.1. The number of ketones is 1. The number of carbonyl (C=O) groups is 3. The number of fused-ring (bicyclic) bond motifs is 3. The van der Waals surface area contributed by atoms with Gasteiger partial charge in [0.2, 0.25) is 0 Å². The van der Waals surface area contributed by atoms with E-state index in [-0.39, 0.29) is 29.5 Å². The average Bonchev–Trinajstić information content (AvgIpc) is 3.40. The fourth-order valence-electron chi connectivity index (χ4n) is 4.25. The lowest BCUT2D eigenvalue weighted by Gasteiger charge is -2.11. The Hall–Kier alpha value is -5.04. The highest BCUT2D eigenvalue weighted by atomic mass is 32.1. The average molecular weight is 612 g/mol. The number of nitrogens with zero attached hydrogens (tertiary/aromatic N) is 2. The summed E-state index contributed by atoms with van der Waals surface area (Å²) in [7, 11) is 1.45. The lowest BCUT2D eigenvalue weighted by molar-refractivity contribution is -0.192. The number of carbonyl (C=O) groups excluding carboxylic acids is 2. The van der Waals surface area contributed by atoms with Crippen molar-refractivity contribution < 1.29 is 37.4 Å². The number of para-hydroxylation sites is 1. The molecule has 13 heteroatoms. The van der Waals surface area contributed by atoms with Crippen LogP contribution in [0.25, 0.3) is 21.0 Å². The Morgan fingerprint density at radius 3 is 2.33 bits per heavy atom. The Morgan fingerprint density at radius 1 is 1.02 bits per heavy atom. The lowest BCUT2D eigenvalue weighted by Crippen LogP contribution is -2.26. The Bertz CT molecular complexity index is 1840. The molecule has 0 bridgehead atoms. The molecular weight excluding hydrogens is 587 g/mol. The molecule has 2 N–H and O–H groups in total. The van der Waals surface area contributed by atoms with Crippen molar-refractivity contribution in [3.05, 3.63) is 105 Å². The van der Waals surface area contributed by atoms with Crippen molar-refractivity contribution in [1.29, 1.82) is 0 Å². The van der Waals surface area contributed by atoms with Gasteiger partial charge in [0, 0.05) is 29.9 Å². The number of alkyl halides is 3. The van der Waals surface area contributed by atoms with Crippen LogP contribution < -0.4 is 15.6 Å². The SMILES string of the molecule is COc1c(C(=O)NCCc2cccnc2)sc2c1c(=O)n(CC(=O)c1ccccc1)c1ccccc21.O=C(O)C(F)(F)F. The van der Waals surface area contributed by atoms with Crippen LogP contribution in [-0.2, 0) is 17.8 Å². The minimum absolute atomic E-state index is 0.120. The van der Waals surface area contributed by atoms with Crippen LogP contribution in [0, 0.1) is 0 Å².